The minimum absolute atomic E-state index is 0.0518. The van der Waals surface area contributed by atoms with E-state index in [1.807, 2.05) is 13.8 Å². The quantitative estimate of drug-likeness (QED) is 0.0409. The van der Waals surface area contributed by atoms with Gasteiger partial charge in [-0.2, -0.15) is 0 Å². The summed E-state index contributed by atoms with van der Waals surface area (Å²) >= 11 is 0. The molecule has 0 aromatic rings. The van der Waals surface area contributed by atoms with Gasteiger partial charge in [0, 0.05) is 39.0 Å². The molecule has 2 saturated heterocycles. The van der Waals surface area contributed by atoms with Gasteiger partial charge in [0.25, 0.3) is 6.47 Å². The zero-order chi connectivity index (χ0) is 39.8. The van der Waals surface area contributed by atoms with Crippen LogP contribution in [-0.4, -0.2) is 144 Å². The van der Waals surface area contributed by atoms with Gasteiger partial charge in [-0.15, -0.1) is 0 Å². The molecule has 2 fully saturated rings. The van der Waals surface area contributed by atoms with Crippen LogP contribution < -0.4 is 5.32 Å². The Bertz CT molecular complexity index is 1210. The first-order chi connectivity index (χ1) is 25.0. The third kappa shape index (κ3) is 15.5. The zero-order valence-electron chi connectivity index (χ0n) is 32.9. The Kier molecular flexibility index (Phi) is 19.8. The lowest BCUT2D eigenvalue weighted by Gasteiger charge is -2.32. The van der Waals surface area contributed by atoms with Gasteiger partial charge >= 0.3 is 11.9 Å². The van der Waals surface area contributed by atoms with Crippen molar-refractivity contribution < 1.29 is 58.5 Å². The Morgan fingerprint density at radius 1 is 1.23 bits per heavy atom. The fourth-order valence-corrected chi connectivity index (χ4v) is 7.06. The number of hydrogen-bond donors (Lipinski definition) is 5. The number of carboxylic acid groups (broad SMARTS) is 1. The smallest absolute Gasteiger partial charge is 0.309 e. The fourth-order valence-electron chi connectivity index (χ4n) is 7.06. The van der Waals surface area contributed by atoms with Crippen molar-refractivity contribution in [2.24, 2.45) is 11.8 Å². The first kappa shape index (κ1) is 46.5. The van der Waals surface area contributed by atoms with Crippen molar-refractivity contribution in [2.75, 3.05) is 46.5 Å². The molecular formula is C39H66N2O12. The molecule has 3 aliphatic heterocycles. The summed E-state index contributed by atoms with van der Waals surface area (Å²) in [6, 6.07) is -0.382. The molecule has 0 aliphatic carbocycles. The standard InChI is InChI=1S/C38H64N2O10.CH2O2/c1-9-30(46-8)27(4)34-35(50-34)36(39-18-11-19-40-20-22-47-23-21-40)38(7,45)16-10-12-25(2)33-26(3)13-14-31(48-28(5)41)37(6,44)17-15-29(42)24-32(43)49-33;2-1-3/h10,12-14,16,26-27,29-31,33-36,39,42,44-45H,9,11,15,17-24H2,1-8H3;1H,(H,2,3)/b14-13+,16-10+,25-12+;/t26-,27+,29+,30-,31-,33?,34+,35-,36?,37+,38?;/m0./s1. The van der Waals surface area contributed by atoms with E-state index in [-0.39, 0.29) is 61.9 Å². The molecule has 304 valence electrons. The average Bonchev–Trinajstić information content (AvgIpc) is 3.89. The Morgan fingerprint density at radius 3 is 2.49 bits per heavy atom. The second-order valence-electron chi connectivity index (χ2n) is 14.9. The molecule has 0 spiro atoms. The monoisotopic (exact) mass is 754 g/mol. The predicted octanol–water partition coefficient (Wildman–Crippen LogP) is 2.78. The number of nitrogens with one attached hydrogen (secondary N) is 1. The van der Waals surface area contributed by atoms with Crippen molar-refractivity contribution in [1.29, 1.82) is 0 Å². The van der Waals surface area contributed by atoms with E-state index in [1.165, 1.54) is 6.92 Å². The average molecular weight is 755 g/mol. The molecule has 0 radical (unpaired) electrons. The number of aliphatic hydroxyl groups excluding tert-OH is 1. The number of nitrogens with zero attached hydrogens (tertiary/aromatic N) is 1. The number of epoxide rings is 1. The van der Waals surface area contributed by atoms with E-state index < -0.39 is 41.5 Å². The van der Waals surface area contributed by atoms with Gasteiger partial charge in [-0.3, -0.25) is 19.3 Å². The molecule has 53 heavy (non-hydrogen) atoms. The molecule has 0 aromatic heterocycles. The van der Waals surface area contributed by atoms with E-state index in [0.29, 0.717) is 12.1 Å². The molecule has 0 saturated carbocycles. The van der Waals surface area contributed by atoms with Crippen molar-refractivity contribution in [3.8, 4) is 0 Å². The predicted molar refractivity (Wildman–Crippen MR) is 199 cm³/mol. The third-order valence-corrected chi connectivity index (χ3v) is 10.3. The van der Waals surface area contributed by atoms with Crippen LogP contribution in [0, 0.1) is 11.8 Å². The van der Waals surface area contributed by atoms with Gasteiger partial charge in [0.15, 0.2) is 0 Å². The summed E-state index contributed by atoms with van der Waals surface area (Å²) in [5.74, 6) is -1.31. The van der Waals surface area contributed by atoms with Crippen LogP contribution in [0.4, 0.5) is 0 Å². The summed E-state index contributed by atoms with van der Waals surface area (Å²) in [5.41, 5.74) is -2.03. The van der Waals surface area contributed by atoms with Gasteiger partial charge in [0.2, 0.25) is 0 Å². The summed E-state index contributed by atoms with van der Waals surface area (Å²) in [7, 11) is 1.72. The summed E-state index contributed by atoms with van der Waals surface area (Å²) in [5, 5.41) is 44.0. The number of ether oxygens (including phenoxy) is 5. The lowest BCUT2D eigenvalue weighted by Crippen LogP contribution is -2.53. The number of methoxy groups -OCH3 is 1. The first-order valence-electron chi connectivity index (χ1n) is 18.8. The van der Waals surface area contributed by atoms with E-state index in [9.17, 15) is 24.9 Å². The maximum absolute atomic E-state index is 12.9. The number of cyclic esters (lactones) is 1. The Labute approximate surface area is 315 Å². The maximum Gasteiger partial charge on any atom is 0.309 e. The number of aliphatic hydroxyl groups is 3. The van der Waals surface area contributed by atoms with E-state index in [4.69, 9.17) is 33.6 Å². The highest BCUT2D eigenvalue weighted by Gasteiger charge is 2.54. The Balaban J connectivity index is 0.00000313. The van der Waals surface area contributed by atoms with Crippen molar-refractivity contribution >= 4 is 18.4 Å². The molecule has 3 heterocycles. The van der Waals surface area contributed by atoms with Gasteiger partial charge < -0.3 is 49.4 Å². The van der Waals surface area contributed by atoms with E-state index in [1.54, 1.807) is 51.3 Å². The van der Waals surface area contributed by atoms with E-state index in [2.05, 4.69) is 24.1 Å². The van der Waals surface area contributed by atoms with Crippen LogP contribution in [0.15, 0.2) is 36.0 Å². The van der Waals surface area contributed by atoms with Crippen LogP contribution in [-0.2, 0) is 38.1 Å². The topological polar surface area (TPSA) is 197 Å². The molecule has 3 aliphatic rings. The number of carbonyl (C=O) groups excluding carboxylic acids is 2. The van der Waals surface area contributed by atoms with Crippen LogP contribution in [0.25, 0.3) is 0 Å². The van der Waals surface area contributed by atoms with Crippen LogP contribution in [0.5, 0.6) is 0 Å². The summed E-state index contributed by atoms with van der Waals surface area (Å²) in [6.45, 7) is 17.3. The highest BCUT2D eigenvalue weighted by Crippen LogP contribution is 2.39. The Morgan fingerprint density at radius 2 is 1.89 bits per heavy atom. The van der Waals surface area contributed by atoms with Gasteiger partial charge in [-0.05, 0) is 71.2 Å². The second-order valence-corrected chi connectivity index (χ2v) is 14.9. The van der Waals surface area contributed by atoms with Crippen LogP contribution >= 0.6 is 0 Å². The van der Waals surface area contributed by atoms with E-state index >= 15 is 0 Å². The number of allylic oxidation sites excluding steroid dienone is 2. The molecular weight excluding hydrogens is 688 g/mol. The molecule has 3 unspecified atom stereocenters. The summed E-state index contributed by atoms with van der Waals surface area (Å²) in [6.07, 6.45) is 7.59. The van der Waals surface area contributed by atoms with Crippen molar-refractivity contribution in [3.63, 3.8) is 0 Å². The number of rotatable bonds is 15. The van der Waals surface area contributed by atoms with Crippen molar-refractivity contribution in [3.05, 3.63) is 36.0 Å². The minimum atomic E-state index is -1.45. The lowest BCUT2D eigenvalue weighted by molar-refractivity contribution is -0.157. The first-order valence-corrected chi connectivity index (χ1v) is 18.8. The number of carbonyl (C=O) groups is 3. The largest absolute Gasteiger partial charge is 0.483 e. The van der Waals surface area contributed by atoms with Crippen molar-refractivity contribution in [2.45, 2.75) is 134 Å². The molecule has 0 bridgehead atoms. The number of hydrogen-bond acceptors (Lipinski definition) is 13. The van der Waals surface area contributed by atoms with Gasteiger partial charge in [0.05, 0.1) is 49.6 Å². The Hall–Kier alpha value is -2.69. The second kappa shape index (κ2) is 22.6. The molecule has 5 N–H and O–H groups in total. The van der Waals surface area contributed by atoms with E-state index in [0.717, 1.165) is 45.7 Å². The van der Waals surface area contributed by atoms with Gasteiger partial charge in [-0.25, -0.2) is 0 Å². The normalized spacial score (nSPS) is 32.4. The molecule has 14 heteroatoms. The SMILES string of the molecule is CC[C@H](OC)[C@@H](C)[C@H]1O[C@@H]1C(NCCCN1CCOCC1)C(C)(O)/C=C/C=C(\C)C1OC(=O)C[C@H](O)CC[C@@](C)(O)[C@@H](OC(C)=O)/C=C/[C@@H]1C.O=CO. The minimum Gasteiger partial charge on any atom is -0.483 e. The highest BCUT2D eigenvalue weighted by atomic mass is 16.6. The molecule has 14 nitrogen and oxygen atoms in total. The zero-order valence-corrected chi connectivity index (χ0v) is 32.9. The van der Waals surface area contributed by atoms with Crippen LogP contribution in [0.3, 0.4) is 0 Å². The molecule has 11 atom stereocenters. The van der Waals surface area contributed by atoms with Crippen molar-refractivity contribution in [1.82, 2.24) is 10.2 Å². The number of esters is 2. The maximum atomic E-state index is 12.9. The summed E-state index contributed by atoms with van der Waals surface area (Å²) in [4.78, 5) is 35.5. The summed E-state index contributed by atoms with van der Waals surface area (Å²) < 4.78 is 28.7. The third-order valence-electron chi connectivity index (χ3n) is 10.3. The van der Waals surface area contributed by atoms with Crippen LogP contribution in [0.2, 0.25) is 0 Å². The fraction of sp³-hybridized carbons (Fsp3) is 0.769. The molecule has 3 rings (SSSR count). The van der Waals surface area contributed by atoms with Crippen LogP contribution in [0.1, 0.15) is 80.6 Å². The highest BCUT2D eigenvalue weighted by molar-refractivity contribution is 5.70. The van der Waals surface area contributed by atoms with Gasteiger partial charge in [0.1, 0.15) is 23.9 Å². The molecule has 0 aromatic carbocycles. The lowest BCUT2D eigenvalue weighted by atomic mass is 9.87. The number of morpholine rings is 1. The van der Waals surface area contributed by atoms with Gasteiger partial charge in [-0.1, -0.05) is 45.1 Å². The molecule has 0 amide bonds.